The standard InChI is InChI=1S/C11H12O3S/c1-4-11(2,14-15(3,12)13)10-8-6-5-7-9-10/h1,5-9H,2-3H3. The zero-order chi connectivity index (χ0) is 11.5. The van der Waals surface area contributed by atoms with E-state index in [2.05, 4.69) is 5.92 Å². The van der Waals surface area contributed by atoms with E-state index in [1.165, 1.54) is 0 Å². The monoisotopic (exact) mass is 224 g/mol. The fourth-order valence-corrected chi connectivity index (χ4v) is 1.96. The second kappa shape index (κ2) is 4.05. The van der Waals surface area contributed by atoms with Crippen molar-refractivity contribution in [2.75, 3.05) is 6.26 Å². The largest absolute Gasteiger partial charge is 0.266 e. The van der Waals surface area contributed by atoms with E-state index < -0.39 is 15.7 Å². The van der Waals surface area contributed by atoms with Crippen LogP contribution in [0.1, 0.15) is 12.5 Å². The summed E-state index contributed by atoms with van der Waals surface area (Å²) in [5.74, 6) is 2.35. The first-order chi connectivity index (χ1) is 6.87. The van der Waals surface area contributed by atoms with E-state index in [1.807, 2.05) is 6.07 Å². The molecular formula is C11H12O3S. The number of hydrogen-bond donors (Lipinski definition) is 0. The summed E-state index contributed by atoms with van der Waals surface area (Å²) in [5, 5.41) is 0. The highest BCUT2D eigenvalue weighted by atomic mass is 32.2. The first kappa shape index (κ1) is 11.8. The summed E-state index contributed by atoms with van der Waals surface area (Å²) in [7, 11) is -3.58. The fraction of sp³-hybridized carbons (Fsp3) is 0.273. The first-order valence-corrected chi connectivity index (χ1v) is 6.13. The highest BCUT2D eigenvalue weighted by molar-refractivity contribution is 7.86. The summed E-state index contributed by atoms with van der Waals surface area (Å²) in [4.78, 5) is 0. The molecule has 0 aliphatic heterocycles. The molecule has 1 rings (SSSR count). The van der Waals surface area contributed by atoms with Crippen molar-refractivity contribution < 1.29 is 12.6 Å². The molecule has 3 nitrogen and oxygen atoms in total. The van der Waals surface area contributed by atoms with Crippen LogP contribution in [0.4, 0.5) is 0 Å². The summed E-state index contributed by atoms with van der Waals surface area (Å²) in [5.41, 5.74) is -0.604. The Kier molecular flexibility index (Phi) is 3.18. The van der Waals surface area contributed by atoms with Gasteiger partial charge in [-0.15, -0.1) is 6.42 Å². The van der Waals surface area contributed by atoms with Crippen LogP contribution >= 0.6 is 0 Å². The Hall–Kier alpha value is -1.31. The van der Waals surface area contributed by atoms with Gasteiger partial charge < -0.3 is 0 Å². The lowest BCUT2D eigenvalue weighted by Gasteiger charge is -2.22. The Morgan fingerprint density at radius 3 is 2.27 bits per heavy atom. The van der Waals surface area contributed by atoms with E-state index in [1.54, 1.807) is 31.2 Å². The maximum Gasteiger partial charge on any atom is 0.266 e. The topological polar surface area (TPSA) is 43.4 Å². The van der Waals surface area contributed by atoms with Crippen molar-refractivity contribution in [3.8, 4) is 12.3 Å². The van der Waals surface area contributed by atoms with E-state index in [4.69, 9.17) is 10.6 Å². The summed E-state index contributed by atoms with van der Waals surface area (Å²) in [6, 6.07) is 8.82. The molecule has 0 heterocycles. The molecule has 1 aromatic rings. The predicted molar refractivity (Wildman–Crippen MR) is 58.6 cm³/mol. The molecule has 0 bridgehead atoms. The first-order valence-electron chi connectivity index (χ1n) is 4.31. The number of benzene rings is 1. The van der Waals surface area contributed by atoms with Crippen LogP contribution in [0.5, 0.6) is 0 Å². The smallest absolute Gasteiger partial charge is 0.246 e. The fourth-order valence-electron chi connectivity index (χ4n) is 1.21. The minimum absolute atomic E-state index is 0.637. The zero-order valence-corrected chi connectivity index (χ0v) is 9.41. The second-order valence-electron chi connectivity index (χ2n) is 3.33. The van der Waals surface area contributed by atoms with Gasteiger partial charge in [-0.2, -0.15) is 8.42 Å². The maximum atomic E-state index is 11.1. The van der Waals surface area contributed by atoms with Crippen LogP contribution in [-0.2, 0) is 19.9 Å². The van der Waals surface area contributed by atoms with Crippen molar-refractivity contribution in [3.05, 3.63) is 35.9 Å². The van der Waals surface area contributed by atoms with Gasteiger partial charge in [0, 0.05) is 0 Å². The SMILES string of the molecule is C#CC(C)(OS(C)(=O)=O)c1ccccc1. The van der Waals surface area contributed by atoms with Crippen molar-refractivity contribution in [1.29, 1.82) is 0 Å². The summed E-state index contributed by atoms with van der Waals surface area (Å²) in [6.45, 7) is 1.55. The molecule has 0 spiro atoms. The Morgan fingerprint density at radius 1 is 1.33 bits per heavy atom. The van der Waals surface area contributed by atoms with Crippen molar-refractivity contribution in [2.45, 2.75) is 12.5 Å². The van der Waals surface area contributed by atoms with Crippen LogP contribution in [0.3, 0.4) is 0 Å². The van der Waals surface area contributed by atoms with Crippen LogP contribution in [0.2, 0.25) is 0 Å². The van der Waals surface area contributed by atoms with Gasteiger partial charge in [0.1, 0.15) is 0 Å². The second-order valence-corrected chi connectivity index (χ2v) is 4.91. The van der Waals surface area contributed by atoms with Gasteiger partial charge in [0.15, 0.2) is 5.60 Å². The molecule has 1 unspecified atom stereocenters. The quantitative estimate of drug-likeness (QED) is 0.577. The van der Waals surface area contributed by atoms with Crippen molar-refractivity contribution >= 4 is 10.1 Å². The van der Waals surface area contributed by atoms with E-state index in [0.29, 0.717) is 5.56 Å². The number of terminal acetylenes is 1. The number of hydrogen-bond acceptors (Lipinski definition) is 3. The van der Waals surface area contributed by atoms with Crippen molar-refractivity contribution in [1.82, 2.24) is 0 Å². The lowest BCUT2D eigenvalue weighted by Crippen LogP contribution is -2.26. The minimum atomic E-state index is -3.58. The van der Waals surface area contributed by atoms with Gasteiger partial charge in [0.25, 0.3) is 10.1 Å². The molecule has 0 aliphatic carbocycles. The molecule has 0 amide bonds. The third kappa shape index (κ3) is 3.08. The van der Waals surface area contributed by atoms with E-state index in [9.17, 15) is 8.42 Å². The van der Waals surface area contributed by atoms with Crippen LogP contribution in [-0.4, -0.2) is 14.7 Å². The van der Waals surface area contributed by atoms with Gasteiger partial charge in [-0.25, -0.2) is 4.18 Å². The molecule has 0 saturated heterocycles. The Bertz CT molecular complexity index is 470. The Balaban J connectivity index is 3.14. The molecule has 15 heavy (non-hydrogen) atoms. The Morgan fingerprint density at radius 2 is 1.87 bits per heavy atom. The molecule has 0 aromatic heterocycles. The van der Waals surface area contributed by atoms with Gasteiger partial charge in [0.05, 0.1) is 6.26 Å². The lowest BCUT2D eigenvalue weighted by atomic mass is 9.97. The average molecular weight is 224 g/mol. The molecule has 0 radical (unpaired) electrons. The normalized spacial score (nSPS) is 15.3. The van der Waals surface area contributed by atoms with Gasteiger partial charge >= 0.3 is 0 Å². The van der Waals surface area contributed by atoms with Gasteiger partial charge in [-0.1, -0.05) is 36.3 Å². The molecule has 0 fully saturated rings. The average Bonchev–Trinajstić information content (AvgIpc) is 2.16. The van der Waals surface area contributed by atoms with Gasteiger partial charge in [-0.05, 0) is 12.5 Å². The molecule has 1 aromatic carbocycles. The van der Waals surface area contributed by atoms with Crippen molar-refractivity contribution in [2.24, 2.45) is 0 Å². The minimum Gasteiger partial charge on any atom is -0.246 e. The molecule has 0 aliphatic rings. The maximum absolute atomic E-state index is 11.1. The molecule has 0 N–H and O–H groups in total. The van der Waals surface area contributed by atoms with Crippen LogP contribution in [0.15, 0.2) is 30.3 Å². The zero-order valence-electron chi connectivity index (χ0n) is 8.60. The molecular weight excluding hydrogens is 212 g/mol. The highest BCUT2D eigenvalue weighted by Gasteiger charge is 2.29. The van der Waals surface area contributed by atoms with Gasteiger partial charge in [0.2, 0.25) is 0 Å². The van der Waals surface area contributed by atoms with Crippen molar-refractivity contribution in [3.63, 3.8) is 0 Å². The van der Waals surface area contributed by atoms with E-state index in [-0.39, 0.29) is 0 Å². The van der Waals surface area contributed by atoms with E-state index >= 15 is 0 Å². The van der Waals surface area contributed by atoms with Gasteiger partial charge in [-0.3, -0.25) is 0 Å². The molecule has 1 atom stereocenters. The Labute approximate surface area is 90.2 Å². The lowest BCUT2D eigenvalue weighted by molar-refractivity contribution is 0.163. The third-order valence-corrected chi connectivity index (χ3v) is 2.55. The molecule has 0 saturated carbocycles. The summed E-state index contributed by atoms with van der Waals surface area (Å²) >= 11 is 0. The number of rotatable bonds is 3. The summed E-state index contributed by atoms with van der Waals surface area (Å²) in [6.07, 6.45) is 6.28. The third-order valence-electron chi connectivity index (χ3n) is 1.92. The molecule has 4 heteroatoms. The van der Waals surface area contributed by atoms with Crippen LogP contribution in [0.25, 0.3) is 0 Å². The van der Waals surface area contributed by atoms with E-state index in [0.717, 1.165) is 6.26 Å². The summed E-state index contributed by atoms with van der Waals surface area (Å²) < 4.78 is 27.0. The van der Waals surface area contributed by atoms with Crippen LogP contribution < -0.4 is 0 Å². The molecule has 80 valence electrons. The predicted octanol–water partition coefficient (Wildman–Crippen LogP) is 1.51. The highest BCUT2D eigenvalue weighted by Crippen LogP contribution is 2.25. The van der Waals surface area contributed by atoms with Crippen LogP contribution in [0, 0.1) is 12.3 Å².